The number of aromatic nitrogens is 1. The monoisotopic (exact) mass is 413 g/mol. The SMILES string of the molecule is COc1cc(C)c(-c2nc(CN3CCCC(CN4CCOCC4)C3)c(C)o2)cc1C. The number of methoxy groups -OCH3 is 1. The fraction of sp³-hybridized carbons (Fsp3) is 0.625. The van der Waals surface area contributed by atoms with Crippen molar-refractivity contribution in [2.45, 2.75) is 40.2 Å². The van der Waals surface area contributed by atoms with Gasteiger partial charge in [-0.25, -0.2) is 4.98 Å². The van der Waals surface area contributed by atoms with Crippen molar-refractivity contribution in [3.8, 4) is 17.2 Å². The number of likely N-dealkylation sites (tertiary alicyclic amines) is 1. The molecule has 0 radical (unpaired) electrons. The molecule has 164 valence electrons. The third kappa shape index (κ3) is 4.88. The van der Waals surface area contributed by atoms with Crippen LogP contribution < -0.4 is 4.74 Å². The Kier molecular flexibility index (Phi) is 6.76. The number of oxazole rings is 1. The van der Waals surface area contributed by atoms with Crippen molar-refractivity contribution in [3.63, 3.8) is 0 Å². The Balaban J connectivity index is 1.43. The first-order valence-electron chi connectivity index (χ1n) is 11.2. The van der Waals surface area contributed by atoms with E-state index in [-0.39, 0.29) is 0 Å². The molecule has 1 aromatic carbocycles. The number of rotatable bonds is 6. The van der Waals surface area contributed by atoms with Crippen LogP contribution in [0.2, 0.25) is 0 Å². The Morgan fingerprint density at radius 3 is 2.63 bits per heavy atom. The highest BCUT2D eigenvalue weighted by Crippen LogP contribution is 2.31. The number of piperidine rings is 1. The van der Waals surface area contributed by atoms with Crippen LogP contribution in [-0.2, 0) is 11.3 Å². The summed E-state index contributed by atoms with van der Waals surface area (Å²) in [5.41, 5.74) is 4.32. The average Bonchev–Trinajstić information content (AvgIpc) is 3.10. The third-order valence-corrected chi connectivity index (χ3v) is 6.46. The van der Waals surface area contributed by atoms with Gasteiger partial charge in [0.2, 0.25) is 5.89 Å². The summed E-state index contributed by atoms with van der Waals surface area (Å²) in [5, 5.41) is 0. The highest BCUT2D eigenvalue weighted by atomic mass is 16.5. The van der Waals surface area contributed by atoms with Crippen LogP contribution in [0.1, 0.15) is 35.4 Å². The topological polar surface area (TPSA) is 51.0 Å². The van der Waals surface area contributed by atoms with Crippen molar-refractivity contribution in [1.82, 2.24) is 14.8 Å². The van der Waals surface area contributed by atoms with E-state index in [1.807, 2.05) is 6.92 Å². The predicted molar refractivity (Wildman–Crippen MR) is 118 cm³/mol. The van der Waals surface area contributed by atoms with Crippen LogP contribution in [0.25, 0.3) is 11.5 Å². The molecule has 2 aliphatic heterocycles. The van der Waals surface area contributed by atoms with E-state index < -0.39 is 0 Å². The molecule has 0 aliphatic carbocycles. The molecule has 30 heavy (non-hydrogen) atoms. The van der Waals surface area contributed by atoms with E-state index in [4.69, 9.17) is 18.9 Å². The molecule has 2 fully saturated rings. The minimum atomic E-state index is 0.715. The van der Waals surface area contributed by atoms with Crippen LogP contribution >= 0.6 is 0 Å². The predicted octanol–water partition coefficient (Wildman–Crippen LogP) is 3.82. The first kappa shape index (κ1) is 21.3. The van der Waals surface area contributed by atoms with Gasteiger partial charge in [-0.3, -0.25) is 9.80 Å². The summed E-state index contributed by atoms with van der Waals surface area (Å²) >= 11 is 0. The van der Waals surface area contributed by atoms with Gasteiger partial charge in [-0.15, -0.1) is 0 Å². The Morgan fingerprint density at radius 2 is 1.87 bits per heavy atom. The maximum Gasteiger partial charge on any atom is 0.226 e. The van der Waals surface area contributed by atoms with Gasteiger partial charge >= 0.3 is 0 Å². The average molecular weight is 414 g/mol. The molecule has 0 amide bonds. The fourth-order valence-electron chi connectivity index (χ4n) is 4.73. The van der Waals surface area contributed by atoms with Gasteiger partial charge in [0.05, 0.1) is 26.0 Å². The molecule has 1 unspecified atom stereocenters. The first-order valence-corrected chi connectivity index (χ1v) is 11.2. The Bertz CT molecular complexity index is 858. The summed E-state index contributed by atoms with van der Waals surface area (Å²) in [6.45, 7) is 14.4. The van der Waals surface area contributed by atoms with Crippen molar-refractivity contribution < 1.29 is 13.9 Å². The second kappa shape index (κ2) is 9.50. The second-order valence-electron chi connectivity index (χ2n) is 8.81. The fourth-order valence-corrected chi connectivity index (χ4v) is 4.73. The van der Waals surface area contributed by atoms with Crippen LogP contribution in [0.4, 0.5) is 0 Å². The molecule has 6 heteroatoms. The maximum atomic E-state index is 6.10. The number of ether oxygens (including phenoxy) is 2. The summed E-state index contributed by atoms with van der Waals surface area (Å²) in [5.74, 6) is 3.27. The molecule has 1 aromatic heterocycles. The van der Waals surface area contributed by atoms with Gasteiger partial charge in [-0.05, 0) is 69.3 Å². The van der Waals surface area contributed by atoms with E-state index in [2.05, 4.69) is 35.8 Å². The molecule has 2 aromatic rings. The van der Waals surface area contributed by atoms with Gasteiger partial charge in [0.15, 0.2) is 0 Å². The summed E-state index contributed by atoms with van der Waals surface area (Å²) in [6, 6.07) is 4.17. The van der Waals surface area contributed by atoms with Crippen LogP contribution in [0.3, 0.4) is 0 Å². The number of aryl methyl sites for hydroxylation is 3. The van der Waals surface area contributed by atoms with E-state index in [1.54, 1.807) is 7.11 Å². The lowest BCUT2D eigenvalue weighted by atomic mass is 9.97. The molecular formula is C24H35N3O3. The minimum absolute atomic E-state index is 0.715. The number of morpholine rings is 1. The Labute approximate surface area is 180 Å². The van der Waals surface area contributed by atoms with Crippen molar-refractivity contribution >= 4 is 0 Å². The third-order valence-electron chi connectivity index (χ3n) is 6.46. The van der Waals surface area contributed by atoms with Gasteiger partial charge in [-0.2, -0.15) is 0 Å². The molecule has 6 nitrogen and oxygen atoms in total. The van der Waals surface area contributed by atoms with Crippen LogP contribution in [0, 0.1) is 26.7 Å². The Hall–Kier alpha value is -1.89. The lowest BCUT2D eigenvalue weighted by Gasteiger charge is -2.36. The summed E-state index contributed by atoms with van der Waals surface area (Å²) in [6.07, 6.45) is 2.58. The molecule has 4 rings (SSSR count). The number of benzene rings is 1. The normalized spacial score (nSPS) is 21.1. The zero-order valence-electron chi connectivity index (χ0n) is 18.9. The zero-order valence-corrected chi connectivity index (χ0v) is 18.9. The molecule has 2 aliphatic rings. The highest BCUT2D eigenvalue weighted by molar-refractivity contribution is 5.62. The van der Waals surface area contributed by atoms with Crippen LogP contribution in [0.15, 0.2) is 16.5 Å². The molecule has 0 saturated carbocycles. The van der Waals surface area contributed by atoms with Gasteiger partial charge in [0.1, 0.15) is 11.5 Å². The van der Waals surface area contributed by atoms with E-state index >= 15 is 0 Å². The quantitative estimate of drug-likeness (QED) is 0.718. The second-order valence-corrected chi connectivity index (χ2v) is 8.81. The number of nitrogens with zero attached hydrogens (tertiary/aromatic N) is 3. The Morgan fingerprint density at radius 1 is 1.07 bits per heavy atom. The van der Waals surface area contributed by atoms with E-state index in [0.717, 1.165) is 85.7 Å². The number of hydrogen-bond acceptors (Lipinski definition) is 6. The van der Waals surface area contributed by atoms with Crippen molar-refractivity contribution in [2.75, 3.05) is 53.0 Å². The molecule has 0 spiro atoms. The summed E-state index contributed by atoms with van der Waals surface area (Å²) in [4.78, 5) is 10.0. The van der Waals surface area contributed by atoms with Gasteiger partial charge in [-0.1, -0.05) is 0 Å². The standard InChI is InChI=1S/C24H35N3O3/c1-17-13-23(28-4)18(2)12-21(17)24-25-22(19(3)30-24)16-27-7-5-6-20(15-27)14-26-8-10-29-11-9-26/h12-13,20H,5-11,14-16H2,1-4H3. The lowest BCUT2D eigenvalue weighted by Crippen LogP contribution is -2.44. The highest BCUT2D eigenvalue weighted by Gasteiger charge is 2.25. The van der Waals surface area contributed by atoms with Gasteiger partial charge in [0.25, 0.3) is 0 Å². The molecule has 0 N–H and O–H groups in total. The lowest BCUT2D eigenvalue weighted by molar-refractivity contribution is 0.0223. The smallest absolute Gasteiger partial charge is 0.226 e. The maximum absolute atomic E-state index is 6.10. The number of hydrogen-bond donors (Lipinski definition) is 0. The summed E-state index contributed by atoms with van der Waals surface area (Å²) in [7, 11) is 1.71. The molecule has 1 atom stereocenters. The molecular weight excluding hydrogens is 378 g/mol. The van der Waals surface area contributed by atoms with Crippen molar-refractivity contribution in [3.05, 3.63) is 34.7 Å². The van der Waals surface area contributed by atoms with Crippen molar-refractivity contribution in [2.24, 2.45) is 5.92 Å². The molecule has 3 heterocycles. The summed E-state index contributed by atoms with van der Waals surface area (Å²) < 4.78 is 17.0. The zero-order chi connectivity index (χ0) is 21.1. The van der Waals surface area contributed by atoms with Crippen LogP contribution in [0.5, 0.6) is 5.75 Å². The largest absolute Gasteiger partial charge is 0.496 e. The van der Waals surface area contributed by atoms with Crippen molar-refractivity contribution in [1.29, 1.82) is 0 Å². The van der Waals surface area contributed by atoms with E-state index in [0.29, 0.717) is 5.89 Å². The van der Waals surface area contributed by atoms with E-state index in [1.165, 1.54) is 19.4 Å². The molecule has 0 bridgehead atoms. The minimum Gasteiger partial charge on any atom is -0.496 e. The van der Waals surface area contributed by atoms with Gasteiger partial charge < -0.3 is 13.9 Å². The van der Waals surface area contributed by atoms with Gasteiger partial charge in [0, 0.05) is 38.3 Å². The molecule has 2 saturated heterocycles. The first-order chi connectivity index (χ1) is 14.5. The van der Waals surface area contributed by atoms with Crippen LogP contribution in [-0.4, -0.2) is 67.8 Å². The van der Waals surface area contributed by atoms with E-state index in [9.17, 15) is 0 Å².